The third-order valence-corrected chi connectivity index (χ3v) is 3.40. The maximum absolute atomic E-state index is 13.2. The Morgan fingerprint density at radius 1 is 1.60 bits per heavy atom. The summed E-state index contributed by atoms with van der Waals surface area (Å²) in [5.74, 6) is -0.499. The van der Waals surface area contributed by atoms with Gasteiger partial charge in [-0.25, -0.2) is 9.18 Å². The predicted octanol–water partition coefficient (Wildman–Crippen LogP) is 1.93. The number of anilines is 1. The molecule has 2 N–H and O–H groups in total. The summed E-state index contributed by atoms with van der Waals surface area (Å²) in [5.41, 5.74) is 0.286. The smallest absolute Gasteiger partial charge is 0.321 e. The molecule has 0 aromatic heterocycles. The number of halogens is 1. The third-order valence-electron chi connectivity index (χ3n) is 3.40. The Kier molecular flexibility index (Phi) is 4.53. The Morgan fingerprint density at radius 2 is 2.40 bits per heavy atom. The fourth-order valence-electron chi connectivity index (χ4n) is 2.29. The molecule has 6 heteroatoms. The summed E-state index contributed by atoms with van der Waals surface area (Å²) in [5, 5.41) is 20.5. The number of piperidine rings is 1. The molecule has 0 saturated carbocycles. The fourth-order valence-corrected chi connectivity index (χ4v) is 2.29. The van der Waals surface area contributed by atoms with E-state index in [0.717, 1.165) is 18.9 Å². The second-order valence-electron chi connectivity index (χ2n) is 4.87. The molecular weight excluding hydrogens is 261 g/mol. The molecule has 2 rings (SSSR count). The van der Waals surface area contributed by atoms with Gasteiger partial charge in [-0.3, -0.25) is 0 Å². The van der Waals surface area contributed by atoms with Crippen LogP contribution >= 0.6 is 0 Å². The quantitative estimate of drug-likeness (QED) is 0.867. The monoisotopic (exact) mass is 277 g/mol. The number of urea groups is 1. The minimum atomic E-state index is -0.608. The second-order valence-corrected chi connectivity index (χ2v) is 4.87. The van der Waals surface area contributed by atoms with Crippen LogP contribution in [0.15, 0.2) is 18.2 Å². The highest BCUT2D eigenvalue weighted by atomic mass is 19.1. The number of hydrogen-bond acceptors (Lipinski definition) is 3. The van der Waals surface area contributed by atoms with Crippen LogP contribution in [0.3, 0.4) is 0 Å². The molecule has 1 unspecified atom stereocenters. The average molecular weight is 277 g/mol. The number of hydrogen-bond donors (Lipinski definition) is 2. The zero-order chi connectivity index (χ0) is 14.5. The molecule has 20 heavy (non-hydrogen) atoms. The van der Waals surface area contributed by atoms with Gasteiger partial charge in [0, 0.05) is 25.4 Å². The molecule has 1 saturated heterocycles. The first-order valence-electron chi connectivity index (χ1n) is 6.50. The lowest BCUT2D eigenvalue weighted by Gasteiger charge is -2.31. The highest BCUT2D eigenvalue weighted by molar-refractivity contribution is 5.89. The van der Waals surface area contributed by atoms with Crippen LogP contribution in [0.5, 0.6) is 0 Å². The number of nitrogens with one attached hydrogen (secondary N) is 1. The Labute approximate surface area is 116 Å². The van der Waals surface area contributed by atoms with Crippen LogP contribution in [-0.2, 0) is 0 Å². The Hall–Kier alpha value is -2.13. The van der Waals surface area contributed by atoms with Gasteiger partial charge in [0.1, 0.15) is 11.9 Å². The van der Waals surface area contributed by atoms with Gasteiger partial charge in [0.05, 0.1) is 5.56 Å². The summed E-state index contributed by atoms with van der Waals surface area (Å²) in [4.78, 5) is 13.7. The van der Waals surface area contributed by atoms with Crippen molar-refractivity contribution in [3.8, 4) is 6.07 Å². The number of benzene rings is 1. The topological polar surface area (TPSA) is 76.4 Å². The van der Waals surface area contributed by atoms with Gasteiger partial charge in [0.2, 0.25) is 0 Å². The minimum absolute atomic E-state index is 0.0684. The van der Waals surface area contributed by atoms with Gasteiger partial charge in [-0.1, -0.05) is 0 Å². The first-order chi connectivity index (χ1) is 9.63. The van der Waals surface area contributed by atoms with Crippen LogP contribution < -0.4 is 5.32 Å². The van der Waals surface area contributed by atoms with Crippen molar-refractivity contribution in [3.05, 3.63) is 29.6 Å². The number of aliphatic hydroxyl groups excluding tert-OH is 1. The average Bonchev–Trinajstić information content (AvgIpc) is 2.49. The van der Waals surface area contributed by atoms with Gasteiger partial charge < -0.3 is 15.3 Å². The van der Waals surface area contributed by atoms with Crippen LogP contribution in [0.25, 0.3) is 0 Å². The van der Waals surface area contributed by atoms with Crippen molar-refractivity contribution >= 4 is 11.7 Å². The number of nitriles is 1. The van der Waals surface area contributed by atoms with Crippen molar-refractivity contribution in [2.75, 3.05) is 25.0 Å². The molecule has 0 spiro atoms. The van der Waals surface area contributed by atoms with Crippen LogP contribution in [0, 0.1) is 23.1 Å². The maximum atomic E-state index is 13.2. The summed E-state index contributed by atoms with van der Waals surface area (Å²) in [6, 6.07) is 5.32. The number of likely N-dealkylation sites (tertiary alicyclic amines) is 1. The van der Waals surface area contributed by atoms with Crippen LogP contribution in [0.4, 0.5) is 14.9 Å². The highest BCUT2D eigenvalue weighted by Crippen LogP contribution is 2.18. The number of rotatable bonds is 2. The lowest BCUT2D eigenvalue weighted by Crippen LogP contribution is -2.43. The molecule has 1 aromatic rings. The maximum Gasteiger partial charge on any atom is 0.321 e. The molecule has 1 aromatic carbocycles. The molecule has 2 amide bonds. The number of amides is 2. The van der Waals surface area contributed by atoms with E-state index < -0.39 is 5.82 Å². The van der Waals surface area contributed by atoms with Crippen molar-refractivity contribution in [2.24, 2.45) is 5.92 Å². The number of carbonyl (C=O) groups is 1. The van der Waals surface area contributed by atoms with E-state index in [9.17, 15) is 9.18 Å². The standard InChI is InChI=1S/C14H16FN3O2/c15-13-4-3-12(6-11(13)7-16)17-14(20)18-5-1-2-10(8-18)9-19/h3-4,6,10,19H,1-2,5,8-9H2,(H,17,20). The van der Waals surface area contributed by atoms with E-state index in [-0.39, 0.29) is 24.1 Å². The summed E-state index contributed by atoms with van der Waals surface area (Å²) < 4.78 is 13.2. The molecule has 1 atom stereocenters. The van der Waals surface area contributed by atoms with E-state index >= 15 is 0 Å². The SMILES string of the molecule is N#Cc1cc(NC(=O)N2CCCC(CO)C2)ccc1F. The summed E-state index contributed by atoms with van der Waals surface area (Å²) in [6.07, 6.45) is 1.76. The van der Waals surface area contributed by atoms with E-state index in [4.69, 9.17) is 10.4 Å². The summed E-state index contributed by atoms with van der Waals surface area (Å²) in [7, 11) is 0. The molecular formula is C14H16FN3O2. The lowest BCUT2D eigenvalue weighted by atomic mass is 9.99. The Bertz CT molecular complexity index is 542. The molecule has 0 radical (unpaired) electrons. The third kappa shape index (κ3) is 3.25. The normalized spacial score (nSPS) is 18.4. The molecule has 0 bridgehead atoms. The van der Waals surface area contributed by atoms with Crippen LogP contribution in [-0.4, -0.2) is 35.7 Å². The van der Waals surface area contributed by atoms with E-state index in [1.54, 1.807) is 11.0 Å². The van der Waals surface area contributed by atoms with Crippen LogP contribution in [0.2, 0.25) is 0 Å². The number of nitrogens with zero attached hydrogens (tertiary/aromatic N) is 2. The minimum Gasteiger partial charge on any atom is -0.396 e. The van der Waals surface area contributed by atoms with Gasteiger partial charge >= 0.3 is 6.03 Å². The second kappa shape index (κ2) is 6.35. The number of carbonyl (C=O) groups excluding carboxylic acids is 1. The van der Waals surface area contributed by atoms with E-state index in [0.29, 0.717) is 18.8 Å². The van der Waals surface area contributed by atoms with E-state index in [1.807, 2.05) is 0 Å². The van der Waals surface area contributed by atoms with Gasteiger partial charge in [-0.2, -0.15) is 5.26 Å². The van der Waals surface area contributed by atoms with Gasteiger partial charge in [-0.15, -0.1) is 0 Å². The lowest BCUT2D eigenvalue weighted by molar-refractivity contribution is 0.136. The van der Waals surface area contributed by atoms with Crippen LogP contribution in [0.1, 0.15) is 18.4 Å². The Morgan fingerprint density at radius 3 is 3.10 bits per heavy atom. The van der Waals surface area contributed by atoms with Gasteiger partial charge in [0.15, 0.2) is 0 Å². The molecule has 1 heterocycles. The van der Waals surface area contributed by atoms with Crippen molar-refractivity contribution in [3.63, 3.8) is 0 Å². The number of aliphatic hydroxyl groups is 1. The molecule has 0 aliphatic carbocycles. The van der Waals surface area contributed by atoms with Crippen molar-refractivity contribution in [1.82, 2.24) is 4.90 Å². The Balaban J connectivity index is 2.02. The predicted molar refractivity (Wildman–Crippen MR) is 71.5 cm³/mol. The fraction of sp³-hybridized carbons (Fsp3) is 0.429. The first kappa shape index (κ1) is 14.3. The van der Waals surface area contributed by atoms with Crippen molar-refractivity contribution < 1.29 is 14.3 Å². The first-order valence-corrected chi connectivity index (χ1v) is 6.50. The van der Waals surface area contributed by atoms with E-state index in [2.05, 4.69) is 5.32 Å². The van der Waals surface area contributed by atoms with E-state index in [1.165, 1.54) is 12.1 Å². The zero-order valence-corrected chi connectivity index (χ0v) is 11.0. The molecule has 1 fully saturated rings. The highest BCUT2D eigenvalue weighted by Gasteiger charge is 2.23. The molecule has 1 aliphatic heterocycles. The van der Waals surface area contributed by atoms with Gasteiger partial charge in [0.25, 0.3) is 0 Å². The van der Waals surface area contributed by atoms with Gasteiger partial charge in [-0.05, 0) is 37.0 Å². The van der Waals surface area contributed by atoms with Crippen molar-refractivity contribution in [1.29, 1.82) is 5.26 Å². The zero-order valence-electron chi connectivity index (χ0n) is 11.0. The summed E-state index contributed by atoms with van der Waals surface area (Å²) in [6.45, 7) is 1.21. The van der Waals surface area contributed by atoms with Crippen molar-refractivity contribution in [2.45, 2.75) is 12.8 Å². The molecule has 106 valence electrons. The largest absolute Gasteiger partial charge is 0.396 e. The molecule has 1 aliphatic rings. The molecule has 5 nitrogen and oxygen atoms in total. The summed E-state index contributed by atoms with van der Waals surface area (Å²) >= 11 is 0.